The van der Waals surface area contributed by atoms with Crippen LogP contribution in [0.1, 0.15) is 30.7 Å². The van der Waals surface area contributed by atoms with Crippen LogP contribution in [0.15, 0.2) is 24.3 Å². The lowest BCUT2D eigenvalue weighted by atomic mass is 10.1. The number of amides is 1. The van der Waals surface area contributed by atoms with Gasteiger partial charge in [0.25, 0.3) is 0 Å². The molecular formula is C14H15NO3. The molecule has 2 aliphatic rings. The van der Waals surface area contributed by atoms with Crippen molar-refractivity contribution in [3.05, 3.63) is 29.8 Å². The van der Waals surface area contributed by atoms with Crippen LogP contribution in [0, 0.1) is 5.92 Å². The van der Waals surface area contributed by atoms with Crippen LogP contribution in [0.2, 0.25) is 0 Å². The molecule has 2 fully saturated rings. The number of aliphatic carboxylic acids is 1. The minimum Gasteiger partial charge on any atom is -0.481 e. The summed E-state index contributed by atoms with van der Waals surface area (Å²) in [5.74, 6) is -0.965. The topological polar surface area (TPSA) is 57.6 Å². The third-order valence-electron chi connectivity index (χ3n) is 3.72. The third-order valence-corrected chi connectivity index (χ3v) is 3.72. The van der Waals surface area contributed by atoms with Gasteiger partial charge in [-0.1, -0.05) is 18.2 Å². The van der Waals surface area contributed by atoms with E-state index in [1.807, 2.05) is 24.3 Å². The number of carboxylic acid groups (broad SMARTS) is 1. The Morgan fingerprint density at radius 1 is 1.28 bits per heavy atom. The van der Waals surface area contributed by atoms with Crippen LogP contribution in [-0.2, 0) is 9.59 Å². The van der Waals surface area contributed by atoms with Gasteiger partial charge in [0, 0.05) is 18.7 Å². The second-order valence-corrected chi connectivity index (χ2v) is 5.08. The van der Waals surface area contributed by atoms with Crippen molar-refractivity contribution in [2.45, 2.75) is 25.2 Å². The summed E-state index contributed by atoms with van der Waals surface area (Å²) in [6.07, 6.45) is 2.46. The number of carboxylic acids is 1. The highest BCUT2D eigenvalue weighted by Gasteiger charge is 2.37. The van der Waals surface area contributed by atoms with E-state index < -0.39 is 11.9 Å². The van der Waals surface area contributed by atoms with Crippen LogP contribution in [0.25, 0.3) is 0 Å². The Labute approximate surface area is 105 Å². The number of para-hydroxylation sites is 1. The van der Waals surface area contributed by atoms with Crippen molar-refractivity contribution in [2.24, 2.45) is 5.92 Å². The van der Waals surface area contributed by atoms with Crippen molar-refractivity contribution in [2.75, 3.05) is 11.4 Å². The number of hydrogen-bond donors (Lipinski definition) is 1. The molecule has 18 heavy (non-hydrogen) atoms. The van der Waals surface area contributed by atoms with E-state index in [0.717, 1.165) is 5.69 Å². The first kappa shape index (κ1) is 11.3. The number of benzene rings is 1. The zero-order valence-electron chi connectivity index (χ0n) is 10.0. The van der Waals surface area contributed by atoms with Gasteiger partial charge in [0.1, 0.15) is 0 Å². The molecule has 1 saturated heterocycles. The van der Waals surface area contributed by atoms with Crippen molar-refractivity contribution in [3.63, 3.8) is 0 Å². The number of nitrogens with zero attached hydrogens (tertiary/aromatic N) is 1. The smallest absolute Gasteiger partial charge is 0.308 e. The van der Waals surface area contributed by atoms with E-state index >= 15 is 0 Å². The predicted octanol–water partition coefficient (Wildman–Crippen LogP) is 2.00. The second kappa shape index (κ2) is 4.12. The molecular weight excluding hydrogens is 230 g/mol. The highest BCUT2D eigenvalue weighted by molar-refractivity contribution is 5.99. The lowest BCUT2D eigenvalue weighted by Gasteiger charge is -2.19. The first-order valence-corrected chi connectivity index (χ1v) is 6.29. The number of anilines is 1. The lowest BCUT2D eigenvalue weighted by molar-refractivity contribution is -0.141. The molecule has 1 heterocycles. The largest absolute Gasteiger partial charge is 0.481 e. The molecule has 0 aromatic heterocycles. The van der Waals surface area contributed by atoms with E-state index in [1.165, 1.54) is 18.4 Å². The van der Waals surface area contributed by atoms with Crippen molar-refractivity contribution < 1.29 is 14.7 Å². The average Bonchev–Trinajstić information content (AvgIpc) is 3.12. The fraction of sp³-hybridized carbons (Fsp3) is 0.429. The highest BCUT2D eigenvalue weighted by atomic mass is 16.4. The minimum absolute atomic E-state index is 0.0736. The van der Waals surface area contributed by atoms with E-state index in [1.54, 1.807) is 4.90 Å². The monoisotopic (exact) mass is 245 g/mol. The summed E-state index contributed by atoms with van der Waals surface area (Å²) in [6, 6.07) is 7.86. The summed E-state index contributed by atoms with van der Waals surface area (Å²) in [4.78, 5) is 24.6. The molecule has 1 N–H and O–H groups in total. The quantitative estimate of drug-likeness (QED) is 0.886. The van der Waals surface area contributed by atoms with Gasteiger partial charge in [-0.15, -0.1) is 0 Å². The van der Waals surface area contributed by atoms with Crippen LogP contribution in [0.5, 0.6) is 0 Å². The molecule has 0 spiro atoms. The van der Waals surface area contributed by atoms with Gasteiger partial charge in [0.05, 0.1) is 5.92 Å². The summed E-state index contributed by atoms with van der Waals surface area (Å²) >= 11 is 0. The molecule has 1 aromatic carbocycles. The number of hydrogen-bond acceptors (Lipinski definition) is 2. The van der Waals surface area contributed by atoms with Crippen LogP contribution < -0.4 is 4.90 Å². The van der Waals surface area contributed by atoms with Gasteiger partial charge < -0.3 is 10.0 Å². The van der Waals surface area contributed by atoms with E-state index in [-0.39, 0.29) is 12.3 Å². The third kappa shape index (κ3) is 1.88. The summed E-state index contributed by atoms with van der Waals surface area (Å²) in [5, 5.41) is 9.01. The SMILES string of the molecule is O=C(O)C1CC(=O)N(c2ccccc2C2CC2)C1. The molecule has 94 valence electrons. The van der Waals surface area contributed by atoms with Gasteiger partial charge in [-0.05, 0) is 30.4 Å². The first-order chi connectivity index (χ1) is 8.66. The molecule has 1 atom stereocenters. The van der Waals surface area contributed by atoms with E-state index in [4.69, 9.17) is 5.11 Å². The fourth-order valence-corrected chi connectivity index (χ4v) is 2.58. The Balaban J connectivity index is 1.91. The van der Waals surface area contributed by atoms with Crippen molar-refractivity contribution in [3.8, 4) is 0 Å². The molecule has 4 nitrogen and oxygen atoms in total. The highest BCUT2D eigenvalue weighted by Crippen LogP contribution is 2.45. The molecule has 4 heteroatoms. The Morgan fingerprint density at radius 2 is 2.00 bits per heavy atom. The van der Waals surface area contributed by atoms with Crippen molar-refractivity contribution in [1.82, 2.24) is 0 Å². The summed E-state index contributed by atoms with van der Waals surface area (Å²) in [5.41, 5.74) is 2.10. The molecule has 1 amide bonds. The molecule has 1 unspecified atom stereocenters. The Bertz CT molecular complexity index is 508. The zero-order valence-corrected chi connectivity index (χ0v) is 10.0. The summed E-state index contributed by atoms with van der Waals surface area (Å²) in [6.45, 7) is 0.303. The van der Waals surface area contributed by atoms with Crippen LogP contribution in [-0.4, -0.2) is 23.5 Å². The van der Waals surface area contributed by atoms with E-state index in [2.05, 4.69) is 0 Å². The van der Waals surface area contributed by atoms with Gasteiger partial charge in [-0.2, -0.15) is 0 Å². The summed E-state index contributed by atoms with van der Waals surface area (Å²) < 4.78 is 0. The summed E-state index contributed by atoms with van der Waals surface area (Å²) in [7, 11) is 0. The van der Waals surface area contributed by atoms with Gasteiger partial charge >= 0.3 is 5.97 Å². The Morgan fingerprint density at radius 3 is 2.61 bits per heavy atom. The molecule has 1 aliphatic heterocycles. The van der Waals surface area contributed by atoms with Crippen LogP contribution in [0.4, 0.5) is 5.69 Å². The second-order valence-electron chi connectivity index (χ2n) is 5.08. The van der Waals surface area contributed by atoms with E-state index in [0.29, 0.717) is 12.5 Å². The number of carbonyl (C=O) groups is 2. The van der Waals surface area contributed by atoms with Gasteiger partial charge in [-0.3, -0.25) is 9.59 Å². The lowest BCUT2D eigenvalue weighted by Crippen LogP contribution is -2.26. The molecule has 0 radical (unpaired) electrons. The zero-order chi connectivity index (χ0) is 12.7. The minimum atomic E-state index is -0.880. The predicted molar refractivity (Wildman–Crippen MR) is 66.5 cm³/mol. The molecule has 0 bridgehead atoms. The van der Waals surface area contributed by atoms with Crippen molar-refractivity contribution in [1.29, 1.82) is 0 Å². The maximum Gasteiger partial charge on any atom is 0.308 e. The van der Waals surface area contributed by atoms with Crippen molar-refractivity contribution >= 4 is 17.6 Å². The normalized spacial score (nSPS) is 23.4. The molecule has 3 rings (SSSR count). The maximum absolute atomic E-state index is 11.9. The Kier molecular flexibility index (Phi) is 2.58. The molecule has 1 saturated carbocycles. The number of carbonyl (C=O) groups excluding carboxylic acids is 1. The fourth-order valence-electron chi connectivity index (χ4n) is 2.58. The standard InChI is InChI=1S/C14H15NO3/c16-13-7-10(14(17)18)8-15(13)12-4-2-1-3-11(12)9-5-6-9/h1-4,9-10H,5-8H2,(H,17,18). The number of rotatable bonds is 3. The van der Waals surface area contributed by atoms with Gasteiger partial charge in [0.2, 0.25) is 5.91 Å². The molecule has 1 aromatic rings. The Hall–Kier alpha value is -1.84. The average molecular weight is 245 g/mol. The van der Waals surface area contributed by atoms with Crippen LogP contribution in [0.3, 0.4) is 0 Å². The first-order valence-electron chi connectivity index (χ1n) is 6.29. The molecule has 1 aliphatic carbocycles. The van der Waals surface area contributed by atoms with Gasteiger partial charge in [0.15, 0.2) is 0 Å². The van der Waals surface area contributed by atoms with Gasteiger partial charge in [-0.25, -0.2) is 0 Å². The van der Waals surface area contributed by atoms with Crippen LogP contribution >= 0.6 is 0 Å². The van der Waals surface area contributed by atoms with E-state index in [9.17, 15) is 9.59 Å². The maximum atomic E-state index is 11.9.